The fourth-order valence-corrected chi connectivity index (χ4v) is 17.3. The number of amides is 8. The molecule has 3 aromatic rings. The number of phosphoric ester groups is 3. The maximum Gasteiger partial charge on any atom is 0.481 e. The summed E-state index contributed by atoms with van der Waals surface area (Å²) in [4.78, 5) is 190. The molecule has 0 saturated carbocycles. The van der Waals surface area contributed by atoms with E-state index >= 15 is 0 Å². The van der Waals surface area contributed by atoms with Crippen LogP contribution in [0.5, 0.6) is 0 Å². The molecule has 2 aliphatic rings. The number of aliphatic hydroxyl groups excluding tert-OH is 2. The van der Waals surface area contributed by atoms with Gasteiger partial charge in [-0.25, -0.2) is 33.4 Å². The number of unbranched alkanes of at least 4 members (excludes halogenated alkanes) is 2. The first-order valence-corrected chi connectivity index (χ1v) is 43.1. The van der Waals surface area contributed by atoms with Gasteiger partial charge >= 0.3 is 35.4 Å². The van der Waals surface area contributed by atoms with Gasteiger partial charge in [-0.3, -0.25) is 61.3 Å². The highest BCUT2D eigenvalue weighted by Gasteiger charge is 2.51. The second-order valence-electron chi connectivity index (χ2n) is 29.7. The SMILES string of the molecule is CCC(C)C(C(CC(=O)N1CCCC1C(OC)C(C)C(=O)NC(Cc1ccccc1)C(=O)O)OC)N(C)C(=O)C(NC(=O)C(C(C)C)N(C)C(=O)CCCCCNC(=O)C(CC(=O)O)SCCNC(=O)CCNC(=O)C(O)C(C)(C)COP(=O)(O)OP(=O)(O)OCC1OC(n2cnc3c(N)ncnc32)C(O)C1OP(=O)(O)O)C(C)C. The van der Waals surface area contributed by atoms with Crippen LogP contribution in [0.3, 0.4) is 0 Å². The molecular formula is C70H114N13O28P3S. The van der Waals surface area contributed by atoms with Crippen LogP contribution >= 0.6 is 35.2 Å². The van der Waals surface area contributed by atoms with Gasteiger partial charge in [0, 0.05) is 84.9 Å². The number of ether oxygens (including phenoxy) is 3. The van der Waals surface area contributed by atoms with Crippen LogP contribution in [0.25, 0.3) is 11.2 Å². The number of phosphoric acid groups is 3. The largest absolute Gasteiger partial charge is 0.481 e. The Morgan fingerprint density at radius 1 is 0.783 bits per heavy atom. The molecular weight excluding hydrogens is 1600 g/mol. The minimum absolute atomic E-state index is 0.00524. The van der Waals surface area contributed by atoms with Crippen LogP contribution in [0.15, 0.2) is 43.0 Å². The summed E-state index contributed by atoms with van der Waals surface area (Å²) in [6.45, 7) is 12.9. The van der Waals surface area contributed by atoms with Gasteiger partial charge in [0.05, 0.1) is 67.8 Å². The molecule has 1 aromatic carbocycles. The highest BCUT2D eigenvalue weighted by atomic mass is 32.2. The number of hydrogen-bond acceptors (Lipinski definition) is 27. The number of nitrogens with zero attached hydrogens (tertiary/aromatic N) is 7. The molecule has 0 spiro atoms. The summed E-state index contributed by atoms with van der Waals surface area (Å²) in [5.74, 6) is -8.85. The number of benzene rings is 1. The van der Waals surface area contributed by atoms with Gasteiger partial charge in [-0.15, -0.1) is 11.8 Å². The number of aromatic nitrogens is 4. The van der Waals surface area contributed by atoms with E-state index in [-0.39, 0.29) is 85.8 Å². The lowest BCUT2D eigenvalue weighted by Crippen LogP contribution is -2.60. The lowest BCUT2D eigenvalue weighted by molar-refractivity contribution is -0.149. The van der Waals surface area contributed by atoms with E-state index in [0.717, 1.165) is 34.5 Å². The number of likely N-dealkylation sites (tertiary alicyclic amines) is 1. The van der Waals surface area contributed by atoms with Crippen molar-refractivity contribution < 1.29 is 134 Å². The predicted molar refractivity (Wildman–Crippen MR) is 414 cm³/mol. The summed E-state index contributed by atoms with van der Waals surface area (Å²) in [6.07, 6.45) is -6.82. The van der Waals surface area contributed by atoms with Crippen molar-refractivity contribution in [1.82, 2.24) is 60.8 Å². The van der Waals surface area contributed by atoms with Crippen molar-refractivity contribution in [1.29, 1.82) is 0 Å². The summed E-state index contributed by atoms with van der Waals surface area (Å²) >= 11 is 0.959. The van der Waals surface area contributed by atoms with Crippen LogP contribution in [0, 0.1) is 29.1 Å². The normalized spacial score (nSPS) is 20.3. The van der Waals surface area contributed by atoms with Crippen LogP contribution in [-0.2, 0) is 100 Å². The molecule has 2 fully saturated rings. The third-order valence-electron chi connectivity index (χ3n) is 19.9. The molecule has 5 rings (SSSR count). The number of anilines is 1. The maximum absolute atomic E-state index is 14.8. The van der Waals surface area contributed by atoms with Crippen LogP contribution in [0.1, 0.15) is 138 Å². The van der Waals surface area contributed by atoms with E-state index in [2.05, 4.69) is 50.4 Å². The van der Waals surface area contributed by atoms with Crippen molar-refractivity contribution >= 4 is 111 Å². The molecule has 45 heteroatoms. The van der Waals surface area contributed by atoms with Gasteiger partial charge in [0.25, 0.3) is 0 Å². The molecule has 0 bridgehead atoms. The first-order valence-electron chi connectivity index (χ1n) is 37.6. The van der Waals surface area contributed by atoms with Gasteiger partial charge in [-0.05, 0) is 49.0 Å². The molecule has 17 unspecified atom stereocenters. The highest BCUT2D eigenvalue weighted by Crippen LogP contribution is 2.61. The molecule has 2 aromatic heterocycles. The van der Waals surface area contributed by atoms with Crippen LogP contribution in [-0.4, -0.2) is 279 Å². The quantitative estimate of drug-likeness (QED) is 0.0284. The molecule has 2 aliphatic heterocycles. The minimum Gasteiger partial charge on any atom is -0.481 e. The number of nitrogen functional groups attached to an aromatic ring is 1. The number of carboxylic acid groups (broad SMARTS) is 2. The molecule has 17 atom stereocenters. The van der Waals surface area contributed by atoms with E-state index in [1.54, 1.807) is 76.9 Å². The number of aliphatic hydroxyl groups is 2. The van der Waals surface area contributed by atoms with Crippen LogP contribution < -0.4 is 32.3 Å². The van der Waals surface area contributed by atoms with Crippen molar-refractivity contribution in [2.75, 3.05) is 79.2 Å². The van der Waals surface area contributed by atoms with Gasteiger partial charge in [0.15, 0.2) is 17.7 Å². The molecule has 648 valence electrons. The molecule has 41 nitrogen and oxygen atoms in total. The molecule has 0 radical (unpaired) electrons. The lowest BCUT2D eigenvalue weighted by Gasteiger charge is -2.41. The number of likely N-dealkylation sites (N-methyl/N-ethyl adjacent to an activating group) is 2. The standard InChI is InChI=1S/C70H114N13O28P3S/c1-14-41(6)56(46(105-12)33-51(86)82-30-21-24-45(82)58(106-13)42(7)63(91)78-44(69(96)97)32-43-22-17-15-18-23-43)81(11)67(95)53(39(2)3)79-65(93)55(40(4)5)80(10)50(85)25-19-16-20-27-73-64(92)48(34-52(87)88)115-31-29-72-49(84)26-28-74-66(94)60(90)70(8,9)36-108-114(103,104)111-113(101,102)107-35-47-59(110-112(98,99)100)57(89)68(109-47)83-38-77-54-61(71)75-37-76-62(54)83/h15,17-18,22-23,37-42,44-48,53,55-60,68,89-90H,14,16,19-21,24-36H2,1-13H3,(H,72,84)(H,73,92)(H,74,94)(H,78,91)(H,79,93)(H,87,88)(H,96,97)(H,101,102)(H,103,104)(H2,71,75,76)(H2,98,99,100). The average Bonchev–Trinajstić information content (AvgIpc) is 1.62. The summed E-state index contributed by atoms with van der Waals surface area (Å²) in [5, 5.41) is 53.6. The Kier molecular flexibility index (Phi) is 38.6. The number of methoxy groups -OCH3 is 2. The van der Waals surface area contributed by atoms with Crippen molar-refractivity contribution in [3.63, 3.8) is 0 Å². The van der Waals surface area contributed by atoms with Crippen LogP contribution in [0.4, 0.5) is 5.82 Å². The number of imidazole rings is 1. The van der Waals surface area contributed by atoms with Crippen LogP contribution in [0.2, 0.25) is 0 Å². The summed E-state index contributed by atoms with van der Waals surface area (Å²) < 4.78 is 74.9. The van der Waals surface area contributed by atoms with Gasteiger partial charge < -0.3 is 101 Å². The molecule has 0 aliphatic carbocycles. The van der Waals surface area contributed by atoms with Crippen molar-refractivity contribution in [2.24, 2.45) is 29.1 Å². The van der Waals surface area contributed by atoms with E-state index in [1.807, 2.05) is 13.8 Å². The first-order chi connectivity index (χ1) is 53.8. The van der Waals surface area contributed by atoms with E-state index in [9.17, 15) is 102 Å². The third-order valence-corrected chi connectivity index (χ3v) is 24.3. The maximum atomic E-state index is 14.8. The number of thioether (sulfide) groups is 1. The summed E-state index contributed by atoms with van der Waals surface area (Å²) in [6, 6.07) is 4.42. The number of rotatable bonds is 50. The Bertz CT molecular complexity index is 3920. The van der Waals surface area contributed by atoms with E-state index in [4.69, 9.17) is 29.0 Å². The molecule has 8 amide bonds. The number of aliphatic carboxylic acids is 2. The molecule has 4 heterocycles. The van der Waals surface area contributed by atoms with Gasteiger partial charge in [-0.2, -0.15) is 4.31 Å². The number of nitrogens with one attached hydrogen (secondary N) is 5. The smallest absolute Gasteiger partial charge is 0.481 e. The Hall–Kier alpha value is -7.21. The number of carbonyl (C=O) groups excluding carboxylic acids is 8. The monoisotopic (exact) mass is 1710 g/mol. The zero-order valence-electron chi connectivity index (χ0n) is 66.8. The Labute approximate surface area is 671 Å². The van der Waals surface area contributed by atoms with Crippen molar-refractivity contribution in [3.8, 4) is 0 Å². The number of carboxylic acids is 2. The third kappa shape index (κ3) is 29.4. The second kappa shape index (κ2) is 45.1. The van der Waals surface area contributed by atoms with Gasteiger partial charge in [0.1, 0.15) is 54.4 Å². The fourth-order valence-electron chi connectivity index (χ4n) is 13.5. The average molecular weight is 1710 g/mol. The van der Waals surface area contributed by atoms with E-state index in [1.165, 1.54) is 44.9 Å². The molecule has 15 N–H and O–H groups in total. The Balaban J connectivity index is 1.02. The van der Waals surface area contributed by atoms with Crippen molar-refractivity contribution in [3.05, 3.63) is 48.5 Å². The number of hydrogen-bond donors (Lipinski definition) is 14. The Morgan fingerprint density at radius 3 is 2.05 bits per heavy atom. The number of fused-ring (bicyclic) bond motifs is 1. The van der Waals surface area contributed by atoms with Gasteiger partial charge in [0.2, 0.25) is 47.3 Å². The fraction of sp³-hybridized carbons (Fsp3) is 0.700. The molecule has 2 saturated heterocycles. The summed E-state index contributed by atoms with van der Waals surface area (Å²) in [5.41, 5.74) is 4.84. The zero-order valence-corrected chi connectivity index (χ0v) is 70.3. The minimum atomic E-state index is -5.67. The van der Waals surface area contributed by atoms with Crippen molar-refractivity contribution in [2.45, 2.75) is 211 Å². The predicted octanol–water partition coefficient (Wildman–Crippen LogP) is 2.01. The first kappa shape index (κ1) is 98.4. The zero-order chi connectivity index (χ0) is 86.2. The second-order valence-corrected chi connectivity index (χ2v) is 35.3. The summed E-state index contributed by atoms with van der Waals surface area (Å²) in [7, 11) is -10.7. The van der Waals surface area contributed by atoms with E-state index < -0.39 is 192 Å². The topological polar surface area (TPSA) is 588 Å². The van der Waals surface area contributed by atoms with Gasteiger partial charge in [-0.1, -0.05) is 105 Å². The van der Waals surface area contributed by atoms with E-state index in [0.29, 0.717) is 45.1 Å². The number of carbonyl (C=O) groups is 10. The highest BCUT2D eigenvalue weighted by molar-refractivity contribution is 8.00. The Morgan fingerprint density at radius 2 is 1.44 bits per heavy atom. The lowest BCUT2D eigenvalue weighted by atomic mass is 9.87. The molecule has 115 heavy (non-hydrogen) atoms. The number of nitrogens with two attached hydrogens (primary N) is 1.